The van der Waals surface area contributed by atoms with Crippen molar-refractivity contribution in [1.29, 1.82) is 0 Å². The molecule has 1 aliphatic heterocycles. The van der Waals surface area contributed by atoms with E-state index < -0.39 is 0 Å². The second-order valence-corrected chi connectivity index (χ2v) is 7.39. The highest BCUT2D eigenvalue weighted by Gasteiger charge is 2.21. The van der Waals surface area contributed by atoms with Gasteiger partial charge in [0.1, 0.15) is 17.5 Å². The standard InChI is InChI=1S/C21H31N5O2/c1-15-23-20(22-8-6-9-25(2)3)13-21(24-15)26-10-7-16-11-18(27-4)19(28-5)12-17(16)14-26/h11-13H,6-10,14H2,1-5H3,(H,22,23,24). The molecule has 0 saturated heterocycles. The molecule has 28 heavy (non-hydrogen) atoms. The topological polar surface area (TPSA) is 62.8 Å². The fourth-order valence-electron chi connectivity index (χ4n) is 3.49. The van der Waals surface area contributed by atoms with Crippen LogP contribution in [0.4, 0.5) is 11.6 Å². The van der Waals surface area contributed by atoms with Crippen molar-refractivity contribution < 1.29 is 9.47 Å². The van der Waals surface area contributed by atoms with E-state index in [0.29, 0.717) is 0 Å². The minimum Gasteiger partial charge on any atom is -0.493 e. The van der Waals surface area contributed by atoms with Crippen LogP contribution < -0.4 is 19.7 Å². The normalized spacial score (nSPS) is 13.4. The molecule has 0 radical (unpaired) electrons. The minimum atomic E-state index is 0.769. The number of anilines is 2. The predicted molar refractivity (Wildman–Crippen MR) is 113 cm³/mol. The average molecular weight is 386 g/mol. The zero-order valence-electron chi connectivity index (χ0n) is 17.6. The molecule has 0 amide bonds. The first-order valence-corrected chi connectivity index (χ1v) is 9.73. The quantitative estimate of drug-likeness (QED) is 0.701. The number of fused-ring (bicyclic) bond motifs is 1. The molecular weight excluding hydrogens is 354 g/mol. The summed E-state index contributed by atoms with van der Waals surface area (Å²) in [5, 5.41) is 3.43. The maximum absolute atomic E-state index is 5.47. The number of benzene rings is 1. The SMILES string of the molecule is COc1cc2c(cc1OC)CN(c1cc(NCCCN(C)C)nc(C)n1)CC2. The Labute approximate surface area is 167 Å². The third-order valence-electron chi connectivity index (χ3n) is 4.95. The molecule has 152 valence electrons. The van der Waals surface area contributed by atoms with E-state index in [1.54, 1.807) is 14.2 Å². The van der Waals surface area contributed by atoms with Crippen LogP contribution in [0.1, 0.15) is 23.4 Å². The Morgan fingerprint density at radius 2 is 1.79 bits per heavy atom. The highest BCUT2D eigenvalue weighted by Crippen LogP contribution is 2.34. The summed E-state index contributed by atoms with van der Waals surface area (Å²) in [5.41, 5.74) is 2.56. The lowest BCUT2D eigenvalue weighted by atomic mass is 9.99. The number of aromatic nitrogens is 2. The van der Waals surface area contributed by atoms with Gasteiger partial charge in [0.2, 0.25) is 0 Å². The van der Waals surface area contributed by atoms with Gasteiger partial charge in [-0.15, -0.1) is 0 Å². The Kier molecular flexibility index (Phi) is 6.57. The molecule has 3 rings (SSSR count). The summed E-state index contributed by atoms with van der Waals surface area (Å²) in [7, 11) is 7.53. The maximum atomic E-state index is 5.47. The molecule has 1 aromatic heterocycles. The number of methoxy groups -OCH3 is 2. The Morgan fingerprint density at radius 3 is 2.46 bits per heavy atom. The van der Waals surface area contributed by atoms with Gasteiger partial charge in [0.25, 0.3) is 0 Å². The van der Waals surface area contributed by atoms with E-state index in [2.05, 4.69) is 57.4 Å². The van der Waals surface area contributed by atoms with Crippen molar-refractivity contribution in [1.82, 2.24) is 14.9 Å². The molecule has 0 fully saturated rings. The summed E-state index contributed by atoms with van der Waals surface area (Å²) in [5.74, 6) is 4.19. The molecular formula is C21H31N5O2. The highest BCUT2D eigenvalue weighted by atomic mass is 16.5. The van der Waals surface area contributed by atoms with E-state index >= 15 is 0 Å². The van der Waals surface area contributed by atoms with Gasteiger partial charge in [-0.05, 0) is 63.7 Å². The number of rotatable bonds is 8. The van der Waals surface area contributed by atoms with Gasteiger partial charge in [0.05, 0.1) is 14.2 Å². The van der Waals surface area contributed by atoms with Crippen LogP contribution in [0.5, 0.6) is 11.5 Å². The van der Waals surface area contributed by atoms with E-state index in [4.69, 9.17) is 9.47 Å². The van der Waals surface area contributed by atoms with Gasteiger partial charge in [-0.2, -0.15) is 0 Å². The minimum absolute atomic E-state index is 0.769. The molecule has 2 heterocycles. The first-order chi connectivity index (χ1) is 13.5. The number of aryl methyl sites for hydroxylation is 1. The monoisotopic (exact) mass is 385 g/mol. The highest BCUT2D eigenvalue weighted by molar-refractivity contribution is 5.54. The zero-order chi connectivity index (χ0) is 20.1. The van der Waals surface area contributed by atoms with Gasteiger partial charge in [-0.25, -0.2) is 9.97 Å². The summed E-state index contributed by atoms with van der Waals surface area (Å²) in [6.07, 6.45) is 2.02. The van der Waals surface area contributed by atoms with Crippen LogP contribution in [0.25, 0.3) is 0 Å². The largest absolute Gasteiger partial charge is 0.493 e. The molecule has 0 atom stereocenters. The van der Waals surface area contributed by atoms with Gasteiger partial charge in [0, 0.05) is 25.7 Å². The van der Waals surface area contributed by atoms with E-state index in [9.17, 15) is 0 Å². The molecule has 1 aromatic carbocycles. The lowest BCUT2D eigenvalue weighted by Crippen LogP contribution is -2.31. The molecule has 0 aliphatic carbocycles. The van der Waals surface area contributed by atoms with Gasteiger partial charge in [-0.3, -0.25) is 0 Å². The van der Waals surface area contributed by atoms with Crippen LogP contribution >= 0.6 is 0 Å². The Balaban J connectivity index is 1.74. The van der Waals surface area contributed by atoms with E-state index in [1.807, 2.05) is 6.92 Å². The fourth-order valence-corrected chi connectivity index (χ4v) is 3.49. The Bertz CT molecular complexity index is 810. The summed E-state index contributed by atoms with van der Waals surface area (Å²) in [6.45, 7) is 5.61. The molecule has 2 aromatic rings. The number of hydrogen-bond acceptors (Lipinski definition) is 7. The van der Waals surface area contributed by atoms with E-state index in [-0.39, 0.29) is 0 Å². The number of hydrogen-bond donors (Lipinski definition) is 1. The van der Waals surface area contributed by atoms with Gasteiger partial charge >= 0.3 is 0 Å². The molecule has 0 bridgehead atoms. The van der Waals surface area contributed by atoms with Crippen LogP contribution in [-0.4, -0.2) is 62.8 Å². The summed E-state index contributed by atoms with van der Waals surface area (Å²) < 4.78 is 10.9. The van der Waals surface area contributed by atoms with Crippen molar-refractivity contribution in [2.45, 2.75) is 26.3 Å². The van der Waals surface area contributed by atoms with Gasteiger partial charge < -0.3 is 24.6 Å². The predicted octanol–water partition coefficient (Wildman–Crippen LogP) is 2.73. The lowest BCUT2D eigenvalue weighted by molar-refractivity contribution is 0.353. The number of nitrogens with one attached hydrogen (secondary N) is 1. The number of ether oxygens (including phenoxy) is 2. The van der Waals surface area contributed by atoms with Crippen molar-refractivity contribution in [3.05, 3.63) is 35.2 Å². The number of nitrogens with zero attached hydrogens (tertiary/aromatic N) is 4. The van der Waals surface area contributed by atoms with Crippen LogP contribution in [0, 0.1) is 6.92 Å². The van der Waals surface area contributed by atoms with Crippen LogP contribution in [0.3, 0.4) is 0 Å². The van der Waals surface area contributed by atoms with Crippen LogP contribution in [0.2, 0.25) is 0 Å². The lowest BCUT2D eigenvalue weighted by Gasteiger charge is -2.30. The van der Waals surface area contributed by atoms with Gasteiger partial charge in [-0.1, -0.05) is 0 Å². The summed E-state index contributed by atoms with van der Waals surface area (Å²) in [6, 6.07) is 6.22. The van der Waals surface area contributed by atoms with Gasteiger partial charge in [0.15, 0.2) is 11.5 Å². The third-order valence-corrected chi connectivity index (χ3v) is 4.95. The summed E-state index contributed by atoms with van der Waals surface area (Å²) >= 11 is 0. The molecule has 1 N–H and O–H groups in total. The third kappa shape index (κ3) is 4.84. The Hall–Kier alpha value is -2.54. The molecule has 1 aliphatic rings. The molecule has 0 spiro atoms. The Morgan fingerprint density at radius 1 is 1.07 bits per heavy atom. The van der Waals surface area contributed by atoms with Crippen molar-refractivity contribution >= 4 is 11.6 Å². The molecule has 0 unspecified atom stereocenters. The second kappa shape index (κ2) is 9.10. The van der Waals surface area contributed by atoms with Crippen molar-refractivity contribution in [2.75, 3.05) is 58.2 Å². The maximum Gasteiger partial charge on any atom is 0.161 e. The summed E-state index contributed by atoms with van der Waals surface area (Å²) in [4.78, 5) is 13.7. The first kappa shape index (κ1) is 20.2. The average Bonchev–Trinajstić information content (AvgIpc) is 2.69. The zero-order valence-corrected chi connectivity index (χ0v) is 17.6. The first-order valence-electron chi connectivity index (χ1n) is 9.73. The van der Waals surface area contributed by atoms with Crippen LogP contribution in [-0.2, 0) is 13.0 Å². The van der Waals surface area contributed by atoms with Crippen molar-refractivity contribution in [2.24, 2.45) is 0 Å². The molecule has 7 nitrogen and oxygen atoms in total. The van der Waals surface area contributed by atoms with E-state index in [0.717, 1.165) is 68.0 Å². The molecule has 7 heteroatoms. The molecule has 0 saturated carbocycles. The van der Waals surface area contributed by atoms with E-state index in [1.165, 1.54) is 11.1 Å². The van der Waals surface area contributed by atoms with Crippen molar-refractivity contribution in [3.8, 4) is 11.5 Å². The smallest absolute Gasteiger partial charge is 0.161 e. The van der Waals surface area contributed by atoms with Crippen molar-refractivity contribution in [3.63, 3.8) is 0 Å². The second-order valence-electron chi connectivity index (χ2n) is 7.39. The van der Waals surface area contributed by atoms with Crippen LogP contribution in [0.15, 0.2) is 18.2 Å². The fraction of sp³-hybridized carbons (Fsp3) is 0.524.